The minimum absolute atomic E-state index is 0.218. The number of hydrogen-bond acceptors (Lipinski definition) is 2. The van der Waals surface area contributed by atoms with Crippen LogP contribution in [-0.2, 0) is 0 Å². The van der Waals surface area contributed by atoms with Crippen LogP contribution in [0.3, 0.4) is 0 Å². The summed E-state index contributed by atoms with van der Waals surface area (Å²) < 4.78 is 0. The van der Waals surface area contributed by atoms with Crippen molar-refractivity contribution >= 4 is 0 Å². The molecule has 2 atom stereocenters. The summed E-state index contributed by atoms with van der Waals surface area (Å²) in [6.07, 6.45) is 8.02. The fourth-order valence-electron chi connectivity index (χ4n) is 1.54. The van der Waals surface area contributed by atoms with Gasteiger partial charge in [-0.25, -0.2) is 0 Å². The first-order valence-corrected chi connectivity index (χ1v) is 4.83. The summed E-state index contributed by atoms with van der Waals surface area (Å²) in [6, 6.07) is 0. The normalized spacial score (nSPS) is 25.7. The Kier molecular flexibility index (Phi) is 4.33. The summed E-state index contributed by atoms with van der Waals surface area (Å²) in [5.41, 5.74) is 0. The second-order valence-corrected chi connectivity index (χ2v) is 3.66. The van der Waals surface area contributed by atoms with E-state index in [1.807, 2.05) is 6.92 Å². The highest BCUT2D eigenvalue weighted by molar-refractivity contribution is 4.90. The largest absolute Gasteiger partial charge is 0.392 e. The van der Waals surface area contributed by atoms with Crippen LogP contribution in [0.15, 0.2) is 12.2 Å². The van der Waals surface area contributed by atoms with Gasteiger partial charge in [0, 0.05) is 6.54 Å². The Bertz CT molecular complexity index is 143. The van der Waals surface area contributed by atoms with Gasteiger partial charge in [-0.05, 0) is 38.6 Å². The minimum atomic E-state index is -0.218. The first kappa shape index (κ1) is 9.75. The number of allylic oxidation sites excluding steroid dienone is 2. The van der Waals surface area contributed by atoms with Crippen molar-refractivity contribution in [3.05, 3.63) is 12.2 Å². The lowest BCUT2D eigenvalue weighted by Gasteiger charge is -2.18. The average molecular weight is 169 g/mol. The highest BCUT2D eigenvalue weighted by Crippen LogP contribution is 2.16. The molecule has 1 unspecified atom stereocenters. The van der Waals surface area contributed by atoms with Gasteiger partial charge in [0.1, 0.15) is 0 Å². The molecular weight excluding hydrogens is 150 g/mol. The minimum Gasteiger partial charge on any atom is -0.392 e. The summed E-state index contributed by atoms with van der Waals surface area (Å²) in [6.45, 7) is 3.59. The molecule has 0 saturated carbocycles. The lowest BCUT2D eigenvalue weighted by Crippen LogP contribution is -2.29. The lowest BCUT2D eigenvalue weighted by molar-refractivity contribution is 0.188. The molecule has 2 nitrogen and oxygen atoms in total. The van der Waals surface area contributed by atoms with Gasteiger partial charge in [-0.2, -0.15) is 0 Å². The smallest absolute Gasteiger partial charge is 0.0636 e. The molecule has 2 N–H and O–H groups in total. The van der Waals surface area contributed by atoms with Crippen LogP contribution < -0.4 is 5.32 Å². The molecule has 0 aromatic carbocycles. The van der Waals surface area contributed by atoms with E-state index in [0.29, 0.717) is 0 Å². The van der Waals surface area contributed by atoms with E-state index < -0.39 is 0 Å². The van der Waals surface area contributed by atoms with E-state index in [0.717, 1.165) is 19.0 Å². The van der Waals surface area contributed by atoms with Gasteiger partial charge in [0.25, 0.3) is 0 Å². The molecule has 1 rings (SSSR count). The number of rotatable bonds is 4. The van der Waals surface area contributed by atoms with Gasteiger partial charge in [-0.1, -0.05) is 12.2 Å². The summed E-state index contributed by atoms with van der Waals surface area (Å²) in [5, 5.41) is 12.3. The first-order chi connectivity index (χ1) is 5.79. The zero-order valence-corrected chi connectivity index (χ0v) is 7.79. The van der Waals surface area contributed by atoms with E-state index in [2.05, 4.69) is 17.5 Å². The van der Waals surface area contributed by atoms with Gasteiger partial charge in [0.15, 0.2) is 0 Å². The molecule has 12 heavy (non-hydrogen) atoms. The number of aliphatic hydroxyl groups excluding tert-OH is 1. The summed E-state index contributed by atoms with van der Waals surface area (Å²) in [4.78, 5) is 0. The molecule has 2 heteroatoms. The predicted octanol–water partition coefficient (Wildman–Crippen LogP) is 1.31. The van der Waals surface area contributed by atoms with Crippen LogP contribution in [0.4, 0.5) is 0 Å². The highest BCUT2D eigenvalue weighted by Gasteiger charge is 2.08. The molecule has 0 aromatic heterocycles. The Morgan fingerprint density at radius 3 is 3.00 bits per heavy atom. The van der Waals surface area contributed by atoms with Crippen LogP contribution in [0.1, 0.15) is 26.2 Å². The molecule has 0 amide bonds. The van der Waals surface area contributed by atoms with Crippen LogP contribution in [0.5, 0.6) is 0 Å². The van der Waals surface area contributed by atoms with E-state index >= 15 is 0 Å². The first-order valence-electron chi connectivity index (χ1n) is 4.83. The fraction of sp³-hybridized carbons (Fsp3) is 0.800. The third kappa shape index (κ3) is 3.88. The summed E-state index contributed by atoms with van der Waals surface area (Å²) in [7, 11) is 0. The maximum Gasteiger partial charge on any atom is 0.0636 e. The lowest BCUT2D eigenvalue weighted by atomic mass is 9.94. The Labute approximate surface area is 74.7 Å². The van der Waals surface area contributed by atoms with E-state index in [9.17, 15) is 0 Å². The molecule has 1 aliphatic carbocycles. The van der Waals surface area contributed by atoms with Crippen LogP contribution >= 0.6 is 0 Å². The average Bonchev–Trinajstić information content (AvgIpc) is 2.05. The summed E-state index contributed by atoms with van der Waals surface area (Å²) >= 11 is 0. The zero-order chi connectivity index (χ0) is 8.81. The standard InChI is InChI=1S/C10H19NO/c1-9(12)7-11-8-10-5-3-2-4-6-10/h2-3,9-12H,4-8H2,1H3/t9-,10?/m0/s1. The van der Waals surface area contributed by atoms with E-state index in [1.165, 1.54) is 19.3 Å². The topological polar surface area (TPSA) is 32.3 Å². The fourth-order valence-corrected chi connectivity index (χ4v) is 1.54. The van der Waals surface area contributed by atoms with Crippen LogP contribution in [0.2, 0.25) is 0 Å². The molecule has 0 heterocycles. The molecule has 0 aromatic rings. The molecule has 0 radical (unpaired) electrons. The molecule has 0 saturated heterocycles. The Morgan fingerprint density at radius 1 is 1.58 bits per heavy atom. The molecule has 0 bridgehead atoms. The Balaban J connectivity index is 2.03. The zero-order valence-electron chi connectivity index (χ0n) is 7.79. The second-order valence-electron chi connectivity index (χ2n) is 3.66. The third-order valence-electron chi connectivity index (χ3n) is 2.25. The maximum absolute atomic E-state index is 9.01. The molecule has 0 spiro atoms. The van der Waals surface area contributed by atoms with Crippen molar-refractivity contribution in [3.63, 3.8) is 0 Å². The molecule has 70 valence electrons. The maximum atomic E-state index is 9.01. The SMILES string of the molecule is C[C@H](O)CNCC1CC=CCC1. The number of hydrogen-bond donors (Lipinski definition) is 2. The summed E-state index contributed by atoms with van der Waals surface area (Å²) in [5.74, 6) is 0.786. The predicted molar refractivity (Wildman–Crippen MR) is 51.0 cm³/mol. The van der Waals surface area contributed by atoms with Crippen molar-refractivity contribution in [2.75, 3.05) is 13.1 Å². The van der Waals surface area contributed by atoms with Gasteiger partial charge < -0.3 is 10.4 Å². The van der Waals surface area contributed by atoms with Gasteiger partial charge in [0.05, 0.1) is 6.10 Å². The monoisotopic (exact) mass is 169 g/mol. The van der Waals surface area contributed by atoms with Crippen LogP contribution in [0.25, 0.3) is 0 Å². The number of nitrogens with one attached hydrogen (secondary N) is 1. The molecule has 0 aliphatic heterocycles. The molecule has 1 aliphatic rings. The van der Waals surface area contributed by atoms with E-state index in [1.54, 1.807) is 0 Å². The second kappa shape index (κ2) is 5.33. The van der Waals surface area contributed by atoms with Crippen LogP contribution in [-0.4, -0.2) is 24.3 Å². The van der Waals surface area contributed by atoms with Crippen molar-refractivity contribution in [1.29, 1.82) is 0 Å². The van der Waals surface area contributed by atoms with E-state index in [4.69, 9.17) is 5.11 Å². The van der Waals surface area contributed by atoms with Crippen molar-refractivity contribution in [2.24, 2.45) is 5.92 Å². The van der Waals surface area contributed by atoms with Gasteiger partial charge in [-0.15, -0.1) is 0 Å². The quantitative estimate of drug-likeness (QED) is 0.622. The van der Waals surface area contributed by atoms with Crippen molar-refractivity contribution < 1.29 is 5.11 Å². The molecular formula is C10H19NO. The van der Waals surface area contributed by atoms with Crippen molar-refractivity contribution in [1.82, 2.24) is 5.32 Å². The van der Waals surface area contributed by atoms with Crippen molar-refractivity contribution in [3.8, 4) is 0 Å². The highest BCUT2D eigenvalue weighted by atomic mass is 16.3. The van der Waals surface area contributed by atoms with Gasteiger partial charge in [0.2, 0.25) is 0 Å². The Hall–Kier alpha value is -0.340. The third-order valence-corrected chi connectivity index (χ3v) is 2.25. The number of aliphatic hydroxyl groups is 1. The van der Waals surface area contributed by atoms with E-state index in [-0.39, 0.29) is 6.10 Å². The van der Waals surface area contributed by atoms with Gasteiger partial charge in [-0.3, -0.25) is 0 Å². The van der Waals surface area contributed by atoms with Gasteiger partial charge >= 0.3 is 0 Å². The van der Waals surface area contributed by atoms with Crippen molar-refractivity contribution in [2.45, 2.75) is 32.3 Å². The molecule has 0 fully saturated rings. The Morgan fingerprint density at radius 2 is 2.42 bits per heavy atom. The van der Waals surface area contributed by atoms with Crippen LogP contribution in [0, 0.1) is 5.92 Å².